The van der Waals surface area contributed by atoms with Crippen molar-refractivity contribution in [3.63, 3.8) is 0 Å². The van der Waals surface area contributed by atoms with Crippen molar-refractivity contribution >= 4 is 17.3 Å². The van der Waals surface area contributed by atoms with E-state index in [0.717, 1.165) is 6.20 Å². The van der Waals surface area contributed by atoms with E-state index in [1.165, 1.54) is 19.1 Å². The minimum Gasteiger partial charge on any atom is -0.395 e. The van der Waals surface area contributed by atoms with Gasteiger partial charge in [0.25, 0.3) is 0 Å². The highest BCUT2D eigenvalue weighted by molar-refractivity contribution is 6.09. The number of aliphatic hydroxyl groups excluding tert-OH is 1. The number of hydrogen-bond acceptors (Lipinski definition) is 7. The Morgan fingerprint density at radius 1 is 1.30 bits per heavy atom. The maximum Gasteiger partial charge on any atom is 0.183 e. The zero-order valence-electron chi connectivity index (χ0n) is 14.6. The number of carbonyl (C=O) groups excluding carboxylic acids is 1. The second kappa shape index (κ2) is 9.48. The van der Waals surface area contributed by atoms with Gasteiger partial charge in [-0.15, -0.1) is 0 Å². The lowest BCUT2D eigenvalue weighted by molar-refractivity contribution is -0.114. The van der Waals surface area contributed by atoms with Crippen molar-refractivity contribution in [1.29, 1.82) is 5.41 Å². The number of carbonyl (C=O) groups is 1. The molecule has 0 atom stereocenters. The van der Waals surface area contributed by atoms with Gasteiger partial charge in [-0.3, -0.25) is 10.2 Å². The third-order valence-electron chi connectivity index (χ3n) is 3.48. The van der Waals surface area contributed by atoms with Crippen molar-refractivity contribution in [3.05, 3.63) is 65.3 Å². The van der Waals surface area contributed by atoms with Crippen molar-refractivity contribution < 1.29 is 18.7 Å². The average Bonchev–Trinajstić information content (AvgIpc) is 2.65. The Kier molecular flexibility index (Phi) is 7.07. The van der Waals surface area contributed by atoms with Gasteiger partial charge in [-0.05, 0) is 12.1 Å². The number of nitrogens with zero attached hydrogens (tertiary/aromatic N) is 2. The monoisotopic (exact) mass is 375 g/mol. The summed E-state index contributed by atoms with van der Waals surface area (Å²) in [7, 11) is 0. The summed E-state index contributed by atoms with van der Waals surface area (Å²) in [6.07, 6.45) is 2.09. The highest BCUT2D eigenvalue weighted by Gasteiger charge is 2.12. The molecule has 0 aliphatic carbocycles. The summed E-state index contributed by atoms with van der Waals surface area (Å²) in [5.41, 5.74) is 0.207. The minimum atomic E-state index is -0.728. The van der Waals surface area contributed by atoms with Crippen molar-refractivity contribution in [1.82, 2.24) is 15.3 Å². The van der Waals surface area contributed by atoms with E-state index in [0.29, 0.717) is 5.56 Å². The molecule has 7 nitrogen and oxygen atoms in total. The lowest BCUT2D eigenvalue weighted by Gasteiger charge is -2.10. The molecule has 0 spiro atoms. The van der Waals surface area contributed by atoms with E-state index < -0.39 is 11.6 Å². The summed E-state index contributed by atoms with van der Waals surface area (Å²) in [4.78, 5) is 19.4. The van der Waals surface area contributed by atoms with Crippen LogP contribution in [0.25, 0.3) is 0 Å². The maximum atomic E-state index is 13.7. The number of Topliss-reactive ketones (excluding diaryl/α,β-unsaturated/α-hetero) is 1. The smallest absolute Gasteiger partial charge is 0.183 e. The van der Waals surface area contributed by atoms with Gasteiger partial charge in [-0.25, -0.2) is 18.7 Å². The predicted molar refractivity (Wildman–Crippen MR) is 96.4 cm³/mol. The normalized spacial score (nSPS) is 11.2. The second-order valence-corrected chi connectivity index (χ2v) is 5.51. The van der Waals surface area contributed by atoms with Crippen molar-refractivity contribution in [2.45, 2.75) is 13.5 Å². The summed E-state index contributed by atoms with van der Waals surface area (Å²) < 4.78 is 27.3. The fourth-order valence-electron chi connectivity index (χ4n) is 2.11. The topological polar surface area (TPSA) is 111 Å². The van der Waals surface area contributed by atoms with Crippen molar-refractivity contribution in [3.8, 4) is 0 Å². The van der Waals surface area contributed by atoms with E-state index in [-0.39, 0.29) is 48.5 Å². The van der Waals surface area contributed by atoms with Crippen LogP contribution in [0.5, 0.6) is 0 Å². The van der Waals surface area contributed by atoms with Gasteiger partial charge in [0.1, 0.15) is 11.5 Å². The summed E-state index contributed by atoms with van der Waals surface area (Å²) in [5, 5.41) is 22.2. The number of ketones is 1. The molecule has 0 saturated carbocycles. The Hall–Kier alpha value is -3.20. The van der Waals surface area contributed by atoms with Gasteiger partial charge >= 0.3 is 0 Å². The molecule has 0 unspecified atom stereocenters. The molecule has 1 heterocycles. The number of benzene rings is 1. The zero-order valence-corrected chi connectivity index (χ0v) is 14.6. The zero-order chi connectivity index (χ0) is 19.8. The third kappa shape index (κ3) is 5.65. The van der Waals surface area contributed by atoms with Gasteiger partial charge in [-0.1, -0.05) is 18.2 Å². The van der Waals surface area contributed by atoms with E-state index in [1.807, 2.05) is 0 Å². The van der Waals surface area contributed by atoms with Gasteiger partial charge in [0, 0.05) is 25.6 Å². The van der Waals surface area contributed by atoms with Gasteiger partial charge in [-0.2, -0.15) is 0 Å². The summed E-state index contributed by atoms with van der Waals surface area (Å²) in [6, 6.07) is 6.12. The quantitative estimate of drug-likeness (QED) is 0.393. The lowest BCUT2D eigenvalue weighted by Crippen LogP contribution is -2.21. The number of rotatable bonds is 9. The molecule has 2 aromatic rings. The van der Waals surface area contributed by atoms with Crippen LogP contribution in [-0.4, -0.2) is 39.7 Å². The Labute approximate surface area is 154 Å². The number of nitrogens with one attached hydrogen (secondary N) is 3. The standard InChI is InChI=1S/C18H19F2N5O2/c1-11(27)16(23-9-12-4-2-3-5-13(12)19)8-15(21)18-24-10-14(20)17(25-18)22-6-7-26/h2-5,8,10,21,23,26H,6-7,9H2,1H3,(H,22,24,25)/b16-8-,21-15?. The number of aromatic nitrogens is 2. The van der Waals surface area contributed by atoms with Crippen molar-refractivity contribution in [2.75, 3.05) is 18.5 Å². The van der Waals surface area contributed by atoms with Gasteiger partial charge in [0.15, 0.2) is 23.2 Å². The van der Waals surface area contributed by atoms with E-state index in [2.05, 4.69) is 20.6 Å². The van der Waals surface area contributed by atoms with Crippen LogP contribution < -0.4 is 10.6 Å². The molecule has 0 aliphatic heterocycles. The largest absolute Gasteiger partial charge is 0.395 e. The molecule has 0 radical (unpaired) electrons. The van der Waals surface area contributed by atoms with Gasteiger partial charge in [0.2, 0.25) is 0 Å². The number of halogens is 2. The molecule has 0 fully saturated rings. The molecule has 0 amide bonds. The van der Waals surface area contributed by atoms with Crippen LogP contribution in [0.1, 0.15) is 18.3 Å². The maximum absolute atomic E-state index is 13.7. The molecule has 2 rings (SSSR count). The molecule has 4 N–H and O–H groups in total. The second-order valence-electron chi connectivity index (χ2n) is 5.51. The lowest BCUT2D eigenvalue weighted by atomic mass is 10.2. The summed E-state index contributed by atoms with van der Waals surface area (Å²) in [5.74, 6) is -1.77. The number of hydrogen-bond donors (Lipinski definition) is 4. The van der Waals surface area contributed by atoms with Crippen LogP contribution in [0.2, 0.25) is 0 Å². The first-order valence-electron chi connectivity index (χ1n) is 8.08. The number of anilines is 1. The Morgan fingerprint density at radius 2 is 2.04 bits per heavy atom. The molecule has 1 aromatic heterocycles. The molecule has 27 heavy (non-hydrogen) atoms. The minimum absolute atomic E-state index is 0.0545. The Balaban J connectivity index is 2.18. The molecule has 0 saturated heterocycles. The van der Waals surface area contributed by atoms with Crippen LogP contribution >= 0.6 is 0 Å². The van der Waals surface area contributed by atoms with Crippen LogP contribution in [0.4, 0.5) is 14.6 Å². The number of allylic oxidation sites excluding steroid dienone is 2. The van der Waals surface area contributed by atoms with E-state index in [1.54, 1.807) is 18.2 Å². The Morgan fingerprint density at radius 3 is 2.70 bits per heavy atom. The van der Waals surface area contributed by atoms with E-state index in [9.17, 15) is 13.6 Å². The summed E-state index contributed by atoms with van der Waals surface area (Å²) >= 11 is 0. The highest BCUT2D eigenvalue weighted by atomic mass is 19.1. The predicted octanol–water partition coefficient (Wildman–Crippen LogP) is 1.79. The van der Waals surface area contributed by atoms with Crippen LogP contribution in [-0.2, 0) is 11.3 Å². The first kappa shape index (κ1) is 20.1. The average molecular weight is 375 g/mol. The molecular formula is C18H19F2N5O2. The first-order chi connectivity index (χ1) is 12.9. The fraction of sp³-hybridized carbons (Fsp3) is 0.222. The Bertz CT molecular complexity index is 871. The first-order valence-corrected chi connectivity index (χ1v) is 8.08. The van der Waals surface area contributed by atoms with Crippen LogP contribution in [0, 0.1) is 17.0 Å². The van der Waals surface area contributed by atoms with Crippen LogP contribution in [0.3, 0.4) is 0 Å². The van der Waals surface area contributed by atoms with Crippen LogP contribution in [0.15, 0.2) is 42.2 Å². The molecule has 9 heteroatoms. The van der Waals surface area contributed by atoms with E-state index >= 15 is 0 Å². The third-order valence-corrected chi connectivity index (χ3v) is 3.48. The fourth-order valence-corrected chi connectivity index (χ4v) is 2.11. The molecule has 1 aromatic carbocycles. The molecule has 0 aliphatic rings. The molecule has 0 bridgehead atoms. The van der Waals surface area contributed by atoms with Gasteiger partial charge < -0.3 is 15.7 Å². The SMILES string of the molecule is CC(=O)/C(=C/C(=N)c1ncc(F)c(NCCO)n1)NCc1ccccc1F. The van der Waals surface area contributed by atoms with E-state index in [4.69, 9.17) is 10.5 Å². The van der Waals surface area contributed by atoms with Gasteiger partial charge in [0.05, 0.1) is 18.5 Å². The summed E-state index contributed by atoms with van der Waals surface area (Å²) in [6.45, 7) is 1.22. The highest BCUT2D eigenvalue weighted by Crippen LogP contribution is 2.11. The number of aliphatic hydroxyl groups is 1. The van der Waals surface area contributed by atoms with Crippen molar-refractivity contribution in [2.24, 2.45) is 0 Å². The molecule has 142 valence electrons. The molecular weight excluding hydrogens is 356 g/mol.